The van der Waals surface area contributed by atoms with Crippen molar-refractivity contribution in [3.63, 3.8) is 0 Å². The summed E-state index contributed by atoms with van der Waals surface area (Å²) in [6.07, 6.45) is 0. The van der Waals surface area contributed by atoms with Crippen LogP contribution in [0.3, 0.4) is 0 Å². The molecule has 2 unspecified atom stereocenters. The van der Waals surface area contributed by atoms with Crippen LogP contribution in [0.5, 0.6) is 0 Å². The van der Waals surface area contributed by atoms with E-state index in [9.17, 15) is 8.42 Å². The molecule has 2 saturated heterocycles. The largest absolute Gasteiger partial charge is 0.379 e. The molecule has 0 radical (unpaired) electrons. The van der Waals surface area contributed by atoms with Crippen molar-refractivity contribution >= 4 is 34.7 Å². The van der Waals surface area contributed by atoms with Crippen LogP contribution in [0.4, 0.5) is 0 Å². The number of hydrogen-bond donors (Lipinski definition) is 1. The molecule has 0 spiro atoms. The van der Waals surface area contributed by atoms with Gasteiger partial charge in [0.25, 0.3) is 0 Å². The lowest BCUT2D eigenvalue weighted by Gasteiger charge is -2.33. The fourth-order valence-corrected chi connectivity index (χ4v) is 4.06. The molecule has 0 aromatic carbocycles. The molecule has 2 N–H and O–H groups in total. The molecule has 5 nitrogen and oxygen atoms in total. The van der Waals surface area contributed by atoms with Crippen LogP contribution in [0, 0.1) is 0 Å². The summed E-state index contributed by atoms with van der Waals surface area (Å²) in [5.41, 5.74) is 5.82. The number of morpholine rings is 1. The standard InChI is InChI=1S/C8H16N2O3S.2ClH/c9-7-5-14(11,12)6-8(7)10-1-3-13-4-2-10;;/h7-8H,1-6,9H2;2*1H. The number of ether oxygens (including phenoxy) is 1. The fraction of sp³-hybridized carbons (Fsp3) is 1.00. The highest BCUT2D eigenvalue weighted by Crippen LogP contribution is 2.17. The summed E-state index contributed by atoms with van der Waals surface area (Å²) in [7, 11) is -2.90. The number of hydrogen-bond acceptors (Lipinski definition) is 5. The van der Waals surface area contributed by atoms with Crippen molar-refractivity contribution in [2.24, 2.45) is 5.73 Å². The van der Waals surface area contributed by atoms with Gasteiger partial charge in [-0.2, -0.15) is 0 Å². The summed E-state index contributed by atoms with van der Waals surface area (Å²) in [6, 6.07) is -0.220. The zero-order valence-corrected chi connectivity index (χ0v) is 11.3. The van der Waals surface area contributed by atoms with Gasteiger partial charge in [-0.3, -0.25) is 4.90 Å². The predicted octanol–water partition coefficient (Wildman–Crippen LogP) is -0.713. The van der Waals surface area contributed by atoms with Gasteiger partial charge in [0.15, 0.2) is 9.84 Å². The van der Waals surface area contributed by atoms with Gasteiger partial charge < -0.3 is 10.5 Å². The molecule has 0 saturated carbocycles. The highest BCUT2D eigenvalue weighted by molar-refractivity contribution is 7.91. The van der Waals surface area contributed by atoms with Crippen molar-refractivity contribution in [3.8, 4) is 0 Å². The van der Waals surface area contributed by atoms with Crippen molar-refractivity contribution in [2.75, 3.05) is 37.8 Å². The Labute approximate surface area is 108 Å². The van der Waals surface area contributed by atoms with E-state index in [2.05, 4.69) is 4.90 Å². The molecule has 98 valence electrons. The van der Waals surface area contributed by atoms with Gasteiger partial charge in [-0.25, -0.2) is 8.42 Å². The number of halogens is 2. The summed E-state index contributed by atoms with van der Waals surface area (Å²) >= 11 is 0. The van der Waals surface area contributed by atoms with Crippen LogP contribution in [0.2, 0.25) is 0 Å². The van der Waals surface area contributed by atoms with E-state index in [1.54, 1.807) is 0 Å². The summed E-state index contributed by atoms with van der Waals surface area (Å²) in [5.74, 6) is 0.350. The molecule has 2 fully saturated rings. The smallest absolute Gasteiger partial charge is 0.153 e. The molecule has 0 aromatic heterocycles. The average Bonchev–Trinajstić information content (AvgIpc) is 2.41. The van der Waals surface area contributed by atoms with Gasteiger partial charge >= 0.3 is 0 Å². The molecule has 2 rings (SSSR count). The molecule has 0 amide bonds. The zero-order chi connectivity index (χ0) is 10.2. The summed E-state index contributed by atoms with van der Waals surface area (Å²) in [4.78, 5) is 2.14. The molecule has 0 aliphatic carbocycles. The monoisotopic (exact) mass is 292 g/mol. The fourth-order valence-electron chi connectivity index (χ4n) is 2.14. The Morgan fingerprint density at radius 1 is 1.12 bits per heavy atom. The molecule has 8 heteroatoms. The van der Waals surface area contributed by atoms with E-state index < -0.39 is 9.84 Å². The Bertz CT molecular complexity index is 306. The molecular formula is C8H18Cl2N2O3S. The number of rotatable bonds is 1. The van der Waals surface area contributed by atoms with E-state index in [1.807, 2.05) is 0 Å². The maximum absolute atomic E-state index is 11.4. The van der Waals surface area contributed by atoms with E-state index in [1.165, 1.54) is 0 Å². The van der Waals surface area contributed by atoms with Crippen LogP contribution in [0.1, 0.15) is 0 Å². The topological polar surface area (TPSA) is 72.6 Å². The maximum atomic E-state index is 11.4. The third kappa shape index (κ3) is 3.72. The lowest BCUT2D eigenvalue weighted by Crippen LogP contribution is -2.51. The van der Waals surface area contributed by atoms with E-state index in [0.717, 1.165) is 13.1 Å². The first-order valence-electron chi connectivity index (χ1n) is 4.86. The summed E-state index contributed by atoms with van der Waals surface area (Å²) in [6.45, 7) is 2.97. The second-order valence-electron chi connectivity index (χ2n) is 3.96. The molecule has 0 aromatic rings. The Balaban J connectivity index is 0.00000112. The minimum Gasteiger partial charge on any atom is -0.379 e. The van der Waals surface area contributed by atoms with Gasteiger partial charge in [0.2, 0.25) is 0 Å². The van der Waals surface area contributed by atoms with E-state index >= 15 is 0 Å². The minimum atomic E-state index is -2.90. The van der Waals surface area contributed by atoms with Gasteiger partial charge in [-0.1, -0.05) is 0 Å². The maximum Gasteiger partial charge on any atom is 0.153 e. The van der Waals surface area contributed by atoms with Crippen molar-refractivity contribution in [2.45, 2.75) is 12.1 Å². The Kier molecular flexibility index (Phi) is 6.53. The molecule has 0 bridgehead atoms. The zero-order valence-electron chi connectivity index (χ0n) is 8.87. The van der Waals surface area contributed by atoms with Crippen LogP contribution in [-0.2, 0) is 14.6 Å². The lowest BCUT2D eigenvalue weighted by atomic mass is 10.1. The molecular weight excluding hydrogens is 275 g/mol. The average molecular weight is 293 g/mol. The quantitative estimate of drug-likeness (QED) is 0.691. The first-order chi connectivity index (χ1) is 6.58. The Hall–Kier alpha value is 0.410. The minimum absolute atomic E-state index is 0. The van der Waals surface area contributed by atoms with E-state index in [0.29, 0.717) is 13.2 Å². The van der Waals surface area contributed by atoms with E-state index in [4.69, 9.17) is 10.5 Å². The molecule has 2 aliphatic heterocycles. The number of nitrogens with zero attached hydrogens (tertiary/aromatic N) is 1. The van der Waals surface area contributed by atoms with Crippen molar-refractivity contribution in [1.29, 1.82) is 0 Å². The molecule has 2 heterocycles. The van der Waals surface area contributed by atoms with Crippen LogP contribution in [0.25, 0.3) is 0 Å². The molecule has 16 heavy (non-hydrogen) atoms. The predicted molar refractivity (Wildman–Crippen MR) is 67.3 cm³/mol. The second-order valence-corrected chi connectivity index (χ2v) is 6.11. The van der Waals surface area contributed by atoms with Crippen molar-refractivity contribution in [3.05, 3.63) is 0 Å². The van der Waals surface area contributed by atoms with Gasteiger partial charge in [0, 0.05) is 25.2 Å². The van der Waals surface area contributed by atoms with E-state index in [-0.39, 0.29) is 48.4 Å². The summed E-state index contributed by atoms with van der Waals surface area (Å²) in [5, 5.41) is 0. The second kappa shape index (κ2) is 6.37. The summed E-state index contributed by atoms with van der Waals surface area (Å²) < 4.78 is 27.9. The first-order valence-corrected chi connectivity index (χ1v) is 6.68. The van der Waals surface area contributed by atoms with Crippen molar-refractivity contribution in [1.82, 2.24) is 4.90 Å². The van der Waals surface area contributed by atoms with Crippen LogP contribution in [-0.4, -0.2) is 63.2 Å². The van der Waals surface area contributed by atoms with Gasteiger partial charge in [0.1, 0.15) is 0 Å². The van der Waals surface area contributed by atoms with Gasteiger partial charge in [-0.05, 0) is 0 Å². The molecule has 2 aliphatic rings. The normalized spacial score (nSPS) is 33.8. The lowest BCUT2D eigenvalue weighted by molar-refractivity contribution is 0.0188. The molecule has 2 atom stereocenters. The highest BCUT2D eigenvalue weighted by Gasteiger charge is 2.39. The van der Waals surface area contributed by atoms with Crippen LogP contribution >= 0.6 is 24.8 Å². The van der Waals surface area contributed by atoms with Crippen molar-refractivity contribution < 1.29 is 13.2 Å². The Morgan fingerprint density at radius 2 is 1.69 bits per heavy atom. The van der Waals surface area contributed by atoms with Crippen LogP contribution < -0.4 is 5.73 Å². The third-order valence-electron chi connectivity index (χ3n) is 2.88. The number of nitrogens with two attached hydrogens (primary N) is 1. The number of sulfone groups is 1. The first kappa shape index (κ1) is 16.4. The SMILES string of the molecule is Cl.Cl.NC1CS(=O)(=O)CC1N1CCOCC1. The highest BCUT2D eigenvalue weighted by atomic mass is 35.5. The van der Waals surface area contributed by atoms with Gasteiger partial charge in [-0.15, -0.1) is 24.8 Å². The van der Waals surface area contributed by atoms with Gasteiger partial charge in [0.05, 0.1) is 24.7 Å². The van der Waals surface area contributed by atoms with Crippen LogP contribution in [0.15, 0.2) is 0 Å². The third-order valence-corrected chi connectivity index (χ3v) is 4.62. The Morgan fingerprint density at radius 3 is 2.12 bits per heavy atom.